The first-order valence-corrected chi connectivity index (χ1v) is 22.9. The molecule has 0 spiro atoms. The molecule has 4 aliphatic heterocycles. The number of ketones is 3. The molecule has 4 heterocycles. The van der Waals surface area contributed by atoms with Crippen molar-refractivity contribution in [2.75, 3.05) is 46.7 Å². The number of aromatic hydroxyl groups is 2. The number of benzene rings is 2. The molecule has 1 unspecified atom stereocenters. The number of thioether (sulfide) groups is 1. The van der Waals surface area contributed by atoms with Crippen molar-refractivity contribution in [3.8, 4) is 17.2 Å². The van der Waals surface area contributed by atoms with Gasteiger partial charge in [-0.2, -0.15) is 0 Å². The number of aliphatic hydroxyl groups is 1. The molecule has 0 bridgehead atoms. The lowest BCUT2D eigenvalue weighted by Gasteiger charge is -2.43. The Labute approximate surface area is 373 Å². The van der Waals surface area contributed by atoms with Crippen LogP contribution in [0.4, 0.5) is 0 Å². The summed E-state index contributed by atoms with van der Waals surface area (Å²) in [4.78, 5) is 84.9. The number of ether oxygens (including phenoxy) is 6. The van der Waals surface area contributed by atoms with Crippen LogP contribution in [0.1, 0.15) is 101 Å². The minimum absolute atomic E-state index is 0.0163. The maximum atomic E-state index is 14.3. The minimum atomic E-state index is -2.28. The molecule has 64 heavy (non-hydrogen) atoms. The number of rotatable bonds is 11. The molecule has 0 aromatic heterocycles. The molecule has 344 valence electrons. The molecular formula is C45H53N3O15S. The molecule has 0 radical (unpaired) electrons. The molecule has 2 aromatic carbocycles. The normalized spacial score (nSPS) is 33.5. The van der Waals surface area contributed by atoms with E-state index in [2.05, 4.69) is 10.2 Å². The number of hydrogen-bond acceptors (Lipinski definition) is 17. The van der Waals surface area contributed by atoms with Crippen LogP contribution in [0.15, 0.2) is 18.2 Å². The maximum absolute atomic E-state index is 14.3. The summed E-state index contributed by atoms with van der Waals surface area (Å²) in [6.45, 7) is 2.98. The monoisotopic (exact) mass is 907 g/mol. The molecule has 3 aliphatic carbocycles. The van der Waals surface area contributed by atoms with Crippen LogP contribution in [0, 0.1) is 11.8 Å². The number of phenolic OH excluding ortho intramolecular Hbond substituents is 2. The van der Waals surface area contributed by atoms with Gasteiger partial charge in [-0.3, -0.25) is 38.6 Å². The zero-order valence-corrected chi connectivity index (χ0v) is 36.9. The van der Waals surface area contributed by atoms with Crippen LogP contribution in [-0.2, 0) is 49.3 Å². The number of imide groups is 1. The van der Waals surface area contributed by atoms with E-state index in [1.807, 2.05) is 6.92 Å². The smallest absolute Gasteiger partial charge is 0.242 e. The standard InChI is InChI=1S/C45H53N3O15S/c1-20-40-25(47-12-13-60-44(59-4)43(47)63-40)14-31(61-20)62-27-17-45(57,29(49)19-64-28-15-30(50)48(42(28)56)18-21-8-10-22(11-9-21)41(55)46-2)16-24-33(27)39(54)35-34(37(24)52)36(51)23-6-5-7-26(58-3)32(23)38(35)53/h5-7,20-22,25,27-28,31,40,43-44,52,54,57H,8-19H2,1-4H3,(H,46,55)/t20-,21?,22?,25-,27-,28?,31-,40+,43+,44-,45-/m0/s1. The fourth-order valence-corrected chi connectivity index (χ4v) is 12.0. The first-order valence-electron chi connectivity index (χ1n) is 21.8. The first kappa shape index (κ1) is 44.7. The molecule has 1 saturated carbocycles. The Balaban J connectivity index is 0.987. The summed E-state index contributed by atoms with van der Waals surface area (Å²) in [5, 5.41) is 38.4. The average Bonchev–Trinajstić information content (AvgIpc) is 3.80. The van der Waals surface area contributed by atoms with Gasteiger partial charge in [0.1, 0.15) is 29.0 Å². The Bertz CT molecular complexity index is 2280. The Kier molecular flexibility index (Phi) is 12.2. The molecule has 9 atom stereocenters. The summed E-state index contributed by atoms with van der Waals surface area (Å²) in [5.41, 5.74) is -3.61. The molecule has 2 aromatic rings. The quantitative estimate of drug-likeness (QED) is 0.159. The third-order valence-electron chi connectivity index (χ3n) is 14.2. The number of nitrogens with one attached hydrogen (secondary N) is 1. The lowest BCUT2D eigenvalue weighted by Crippen LogP contribution is -2.55. The maximum Gasteiger partial charge on any atom is 0.242 e. The number of carbonyl (C=O) groups is 6. The number of phenols is 2. The first-order chi connectivity index (χ1) is 30.7. The van der Waals surface area contributed by atoms with Crippen molar-refractivity contribution >= 4 is 46.8 Å². The van der Waals surface area contributed by atoms with Gasteiger partial charge < -0.3 is 49.1 Å². The van der Waals surface area contributed by atoms with Crippen molar-refractivity contribution in [2.45, 2.75) is 112 Å². The highest BCUT2D eigenvalue weighted by atomic mass is 32.2. The molecule has 5 fully saturated rings. The van der Waals surface area contributed by atoms with Crippen molar-refractivity contribution < 1.29 is 72.5 Å². The fraction of sp³-hybridized carbons (Fsp3) is 0.600. The van der Waals surface area contributed by atoms with E-state index in [1.165, 1.54) is 37.3 Å². The van der Waals surface area contributed by atoms with Gasteiger partial charge in [-0.1, -0.05) is 12.1 Å². The predicted octanol–water partition coefficient (Wildman–Crippen LogP) is 2.13. The largest absolute Gasteiger partial charge is 0.507 e. The zero-order chi connectivity index (χ0) is 45.4. The lowest BCUT2D eigenvalue weighted by molar-refractivity contribution is -0.256. The second-order valence-electron chi connectivity index (χ2n) is 17.8. The summed E-state index contributed by atoms with van der Waals surface area (Å²) in [6, 6.07) is 4.20. The molecule has 9 rings (SSSR count). The number of amides is 3. The van der Waals surface area contributed by atoms with Crippen LogP contribution >= 0.6 is 11.8 Å². The highest BCUT2D eigenvalue weighted by molar-refractivity contribution is 8.01. The topological polar surface area (TPSA) is 237 Å². The third kappa shape index (κ3) is 7.50. The van der Waals surface area contributed by atoms with Crippen molar-refractivity contribution in [1.29, 1.82) is 0 Å². The highest BCUT2D eigenvalue weighted by Gasteiger charge is 2.55. The van der Waals surface area contributed by atoms with Crippen LogP contribution in [0.3, 0.4) is 0 Å². The average molecular weight is 908 g/mol. The lowest BCUT2D eigenvalue weighted by atomic mass is 9.72. The SMILES string of the molecule is CNC(=O)C1CCC(CN2C(=O)CC(SCC(=O)[C@]3(O)Cc4c(O)c5c(c(O)c4[C@@H](O[C@H]4C[C@H]6[C@H](O[C@@H]7[C@@H](OC)OCCN76)[C@H](C)O4)C3)C(=O)c3c(OC)cccc3C5=O)C2=O)CC1. The van der Waals surface area contributed by atoms with E-state index in [0.717, 1.165) is 11.8 Å². The van der Waals surface area contributed by atoms with Gasteiger partial charge in [0.15, 0.2) is 30.4 Å². The number of likely N-dealkylation sites (tertiary alicyclic amines) is 1. The molecule has 4 N–H and O–H groups in total. The van der Waals surface area contributed by atoms with Gasteiger partial charge in [0.25, 0.3) is 0 Å². The van der Waals surface area contributed by atoms with E-state index in [0.29, 0.717) is 38.8 Å². The van der Waals surface area contributed by atoms with E-state index in [-0.39, 0.29) is 83.2 Å². The van der Waals surface area contributed by atoms with Gasteiger partial charge in [0.05, 0.1) is 53.6 Å². The van der Waals surface area contributed by atoms with E-state index >= 15 is 0 Å². The molecule has 18 nitrogen and oxygen atoms in total. The van der Waals surface area contributed by atoms with Crippen molar-refractivity contribution in [2.24, 2.45) is 11.8 Å². The van der Waals surface area contributed by atoms with Gasteiger partial charge in [0.2, 0.25) is 23.5 Å². The summed E-state index contributed by atoms with van der Waals surface area (Å²) < 4.78 is 36.0. The van der Waals surface area contributed by atoms with Crippen molar-refractivity contribution in [3.05, 3.63) is 51.6 Å². The number of morpholine rings is 1. The van der Waals surface area contributed by atoms with Crippen LogP contribution in [0.2, 0.25) is 0 Å². The van der Waals surface area contributed by atoms with Crippen LogP contribution in [-0.4, -0.2) is 155 Å². The Morgan fingerprint density at radius 1 is 1.00 bits per heavy atom. The van der Waals surface area contributed by atoms with E-state index < -0.39 is 106 Å². The molecule has 3 amide bonds. The second-order valence-corrected chi connectivity index (χ2v) is 19.0. The Morgan fingerprint density at radius 3 is 2.47 bits per heavy atom. The number of carbonyl (C=O) groups excluding carboxylic acids is 6. The van der Waals surface area contributed by atoms with Crippen LogP contribution in [0.25, 0.3) is 0 Å². The Morgan fingerprint density at radius 2 is 1.75 bits per heavy atom. The summed E-state index contributed by atoms with van der Waals surface area (Å²) in [7, 11) is 4.47. The molecule has 19 heteroatoms. The Hall–Kier alpha value is -4.47. The number of Topliss-reactive ketones (excluding diaryl/α,β-unsaturated/α-hetero) is 1. The molecule has 7 aliphatic rings. The van der Waals surface area contributed by atoms with Gasteiger partial charge >= 0.3 is 0 Å². The predicted molar refractivity (Wildman–Crippen MR) is 224 cm³/mol. The number of methoxy groups -OCH3 is 2. The molecule has 4 saturated heterocycles. The van der Waals surface area contributed by atoms with Crippen LogP contribution in [0.5, 0.6) is 17.2 Å². The minimum Gasteiger partial charge on any atom is -0.507 e. The third-order valence-corrected chi connectivity index (χ3v) is 15.4. The highest BCUT2D eigenvalue weighted by Crippen LogP contribution is 2.53. The van der Waals surface area contributed by atoms with Gasteiger partial charge in [-0.15, -0.1) is 11.8 Å². The summed E-state index contributed by atoms with van der Waals surface area (Å²) in [5.74, 6) is -4.77. The fourth-order valence-electron chi connectivity index (χ4n) is 10.9. The summed E-state index contributed by atoms with van der Waals surface area (Å²) in [6.07, 6.45) is -2.62. The van der Waals surface area contributed by atoms with Gasteiger partial charge in [0, 0.05) is 81.6 Å². The van der Waals surface area contributed by atoms with Crippen molar-refractivity contribution in [3.63, 3.8) is 0 Å². The molecular weight excluding hydrogens is 855 g/mol. The van der Waals surface area contributed by atoms with E-state index in [4.69, 9.17) is 28.4 Å². The van der Waals surface area contributed by atoms with Gasteiger partial charge in [-0.05, 0) is 44.6 Å². The van der Waals surface area contributed by atoms with Crippen LogP contribution < -0.4 is 10.1 Å². The van der Waals surface area contributed by atoms with Gasteiger partial charge in [-0.25, -0.2) is 0 Å². The van der Waals surface area contributed by atoms with Crippen molar-refractivity contribution in [1.82, 2.24) is 15.1 Å². The number of nitrogens with zero attached hydrogens (tertiary/aromatic N) is 2. The number of fused-ring (bicyclic) bond motifs is 6. The van der Waals surface area contributed by atoms with E-state index in [1.54, 1.807) is 7.05 Å². The zero-order valence-electron chi connectivity index (χ0n) is 36.0. The number of hydrogen-bond donors (Lipinski definition) is 4. The second kappa shape index (κ2) is 17.4. The van der Waals surface area contributed by atoms with E-state index in [9.17, 15) is 44.1 Å². The summed E-state index contributed by atoms with van der Waals surface area (Å²) >= 11 is 0.935.